The monoisotopic (exact) mass is 155 g/mol. The molecule has 1 aromatic heterocycles. The van der Waals surface area contributed by atoms with Crippen LogP contribution in [0, 0.1) is 5.92 Å². The van der Waals surface area contributed by atoms with Crippen LogP contribution in [0.15, 0.2) is 6.20 Å². The summed E-state index contributed by atoms with van der Waals surface area (Å²) in [6, 6.07) is 0. The van der Waals surface area contributed by atoms with E-state index in [1.165, 1.54) is 0 Å². The predicted molar refractivity (Wildman–Crippen MR) is 40.8 cm³/mol. The maximum atomic E-state index is 8.67. The van der Waals surface area contributed by atoms with Gasteiger partial charge in [-0.05, 0) is 5.92 Å². The molecule has 0 radical (unpaired) electrons. The highest BCUT2D eigenvalue weighted by Gasteiger charge is 1.99. The first-order valence-corrected chi connectivity index (χ1v) is 3.72. The number of aromatic nitrogens is 3. The molecule has 0 aliphatic heterocycles. The highest BCUT2D eigenvalue weighted by molar-refractivity contribution is 4.88. The van der Waals surface area contributed by atoms with E-state index < -0.39 is 0 Å². The Morgan fingerprint density at radius 2 is 2.36 bits per heavy atom. The summed E-state index contributed by atoms with van der Waals surface area (Å²) in [4.78, 5) is 0. The molecule has 0 aromatic carbocycles. The molecule has 62 valence electrons. The van der Waals surface area contributed by atoms with Crippen molar-refractivity contribution in [3.8, 4) is 0 Å². The van der Waals surface area contributed by atoms with Crippen LogP contribution in [0.25, 0.3) is 0 Å². The average Bonchev–Trinajstić information content (AvgIpc) is 2.34. The lowest BCUT2D eigenvalue weighted by Gasteiger charge is -2.01. The Bertz CT molecular complexity index is 219. The van der Waals surface area contributed by atoms with Gasteiger partial charge in [-0.1, -0.05) is 19.1 Å². The molecule has 1 aromatic rings. The Morgan fingerprint density at radius 1 is 1.64 bits per heavy atom. The van der Waals surface area contributed by atoms with Crippen molar-refractivity contribution in [2.24, 2.45) is 5.92 Å². The Balaban J connectivity index is 2.58. The molecule has 0 aliphatic carbocycles. The molecule has 0 saturated heterocycles. The number of hydrogen-bond donors (Lipinski definition) is 1. The largest absolute Gasteiger partial charge is 0.390 e. The van der Waals surface area contributed by atoms with Gasteiger partial charge in [0.15, 0.2) is 0 Å². The first kappa shape index (κ1) is 8.20. The summed E-state index contributed by atoms with van der Waals surface area (Å²) in [5, 5.41) is 16.3. The van der Waals surface area contributed by atoms with Crippen LogP contribution in [0.4, 0.5) is 0 Å². The second-order valence-corrected chi connectivity index (χ2v) is 2.98. The van der Waals surface area contributed by atoms with Crippen LogP contribution in [0.2, 0.25) is 0 Å². The Hall–Kier alpha value is -0.900. The molecule has 0 aliphatic rings. The number of aliphatic hydroxyl groups is 1. The summed E-state index contributed by atoms with van der Waals surface area (Å²) in [5.74, 6) is 0.559. The van der Waals surface area contributed by atoms with Gasteiger partial charge in [-0.2, -0.15) is 0 Å². The third kappa shape index (κ3) is 2.31. The van der Waals surface area contributed by atoms with E-state index in [0.717, 1.165) is 6.54 Å². The lowest BCUT2D eigenvalue weighted by Crippen LogP contribution is -2.04. The second kappa shape index (κ2) is 3.48. The van der Waals surface area contributed by atoms with Gasteiger partial charge >= 0.3 is 0 Å². The summed E-state index contributed by atoms with van der Waals surface area (Å²) in [6.45, 7) is 5.05. The SMILES string of the molecule is CC(C)Cn1cc(CO)nn1. The average molecular weight is 155 g/mol. The van der Waals surface area contributed by atoms with Gasteiger partial charge in [0.1, 0.15) is 5.69 Å². The van der Waals surface area contributed by atoms with Crippen LogP contribution in [0.3, 0.4) is 0 Å². The molecule has 1 heterocycles. The molecule has 0 spiro atoms. The summed E-state index contributed by atoms with van der Waals surface area (Å²) in [5.41, 5.74) is 0.630. The van der Waals surface area contributed by atoms with Crippen molar-refractivity contribution in [3.63, 3.8) is 0 Å². The van der Waals surface area contributed by atoms with E-state index in [9.17, 15) is 0 Å². The summed E-state index contributed by atoms with van der Waals surface area (Å²) in [6.07, 6.45) is 1.76. The van der Waals surface area contributed by atoms with E-state index in [4.69, 9.17) is 5.11 Å². The summed E-state index contributed by atoms with van der Waals surface area (Å²) < 4.78 is 1.75. The van der Waals surface area contributed by atoms with Crippen molar-refractivity contribution < 1.29 is 5.11 Å². The Kier molecular flexibility index (Phi) is 2.59. The lowest BCUT2D eigenvalue weighted by molar-refractivity contribution is 0.276. The number of aliphatic hydroxyl groups excluding tert-OH is 1. The fraction of sp³-hybridized carbons (Fsp3) is 0.714. The van der Waals surface area contributed by atoms with Crippen molar-refractivity contribution in [1.82, 2.24) is 15.0 Å². The molecule has 1 rings (SSSR count). The summed E-state index contributed by atoms with van der Waals surface area (Å²) >= 11 is 0. The Morgan fingerprint density at radius 3 is 2.82 bits per heavy atom. The van der Waals surface area contributed by atoms with Gasteiger partial charge in [0.25, 0.3) is 0 Å². The zero-order chi connectivity index (χ0) is 8.27. The normalized spacial score (nSPS) is 10.9. The van der Waals surface area contributed by atoms with Crippen LogP contribution >= 0.6 is 0 Å². The van der Waals surface area contributed by atoms with Crippen molar-refractivity contribution in [3.05, 3.63) is 11.9 Å². The van der Waals surface area contributed by atoms with Gasteiger partial charge in [0.05, 0.1) is 12.8 Å². The first-order chi connectivity index (χ1) is 5.22. The molecule has 0 amide bonds. The number of hydrogen-bond acceptors (Lipinski definition) is 3. The fourth-order valence-electron chi connectivity index (χ4n) is 0.874. The lowest BCUT2D eigenvalue weighted by atomic mass is 10.2. The minimum atomic E-state index is -0.0297. The van der Waals surface area contributed by atoms with Gasteiger partial charge < -0.3 is 5.11 Å². The Labute approximate surface area is 65.8 Å². The zero-order valence-corrected chi connectivity index (χ0v) is 6.86. The minimum absolute atomic E-state index is 0.0297. The van der Waals surface area contributed by atoms with Gasteiger partial charge in [-0.15, -0.1) is 5.10 Å². The van der Waals surface area contributed by atoms with Crippen LogP contribution in [-0.2, 0) is 13.2 Å². The molecular weight excluding hydrogens is 142 g/mol. The van der Waals surface area contributed by atoms with Crippen LogP contribution in [0.5, 0.6) is 0 Å². The van der Waals surface area contributed by atoms with Crippen LogP contribution in [0.1, 0.15) is 19.5 Å². The molecular formula is C7H13N3O. The maximum Gasteiger partial charge on any atom is 0.108 e. The van der Waals surface area contributed by atoms with Gasteiger partial charge in [0, 0.05) is 6.54 Å². The zero-order valence-electron chi connectivity index (χ0n) is 6.86. The predicted octanol–water partition coefficient (Wildman–Crippen LogP) is 0.426. The molecule has 11 heavy (non-hydrogen) atoms. The van der Waals surface area contributed by atoms with E-state index in [2.05, 4.69) is 24.2 Å². The van der Waals surface area contributed by atoms with Crippen molar-refractivity contribution in [2.45, 2.75) is 27.0 Å². The van der Waals surface area contributed by atoms with E-state index in [1.807, 2.05) is 0 Å². The number of rotatable bonds is 3. The third-order valence-corrected chi connectivity index (χ3v) is 1.30. The van der Waals surface area contributed by atoms with Crippen molar-refractivity contribution in [1.29, 1.82) is 0 Å². The standard InChI is InChI=1S/C7H13N3O/c1-6(2)3-10-4-7(5-11)8-9-10/h4,6,11H,3,5H2,1-2H3. The highest BCUT2D eigenvalue weighted by atomic mass is 16.3. The maximum absolute atomic E-state index is 8.67. The number of nitrogens with zero attached hydrogens (tertiary/aromatic N) is 3. The molecule has 0 fully saturated rings. The molecule has 0 bridgehead atoms. The third-order valence-electron chi connectivity index (χ3n) is 1.30. The smallest absolute Gasteiger partial charge is 0.108 e. The molecule has 0 saturated carbocycles. The topological polar surface area (TPSA) is 50.9 Å². The highest BCUT2D eigenvalue weighted by Crippen LogP contribution is 1.98. The first-order valence-electron chi connectivity index (χ1n) is 3.72. The summed E-state index contributed by atoms with van der Waals surface area (Å²) in [7, 11) is 0. The van der Waals surface area contributed by atoms with Gasteiger partial charge in [0.2, 0.25) is 0 Å². The quantitative estimate of drug-likeness (QED) is 0.688. The molecule has 4 nitrogen and oxygen atoms in total. The van der Waals surface area contributed by atoms with Gasteiger partial charge in [-0.25, -0.2) is 0 Å². The van der Waals surface area contributed by atoms with Crippen molar-refractivity contribution in [2.75, 3.05) is 0 Å². The molecule has 0 unspecified atom stereocenters. The van der Waals surface area contributed by atoms with Crippen LogP contribution in [-0.4, -0.2) is 20.1 Å². The second-order valence-electron chi connectivity index (χ2n) is 2.98. The van der Waals surface area contributed by atoms with E-state index in [0.29, 0.717) is 11.6 Å². The van der Waals surface area contributed by atoms with Crippen molar-refractivity contribution >= 4 is 0 Å². The van der Waals surface area contributed by atoms with E-state index >= 15 is 0 Å². The van der Waals surface area contributed by atoms with E-state index in [-0.39, 0.29) is 6.61 Å². The van der Waals surface area contributed by atoms with Crippen LogP contribution < -0.4 is 0 Å². The molecule has 1 N–H and O–H groups in total. The molecule has 4 heteroatoms. The van der Waals surface area contributed by atoms with Gasteiger partial charge in [-0.3, -0.25) is 4.68 Å². The minimum Gasteiger partial charge on any atom is -0.390 e. The van der Waals surface area contributed by atoms with E-state index in [1.54, 1.807) is 10.9 Å². The fourth-order valence-corrected chi connectivity index (χ4v) is 0.874. The molecule has 0 atom stereocenters.